The number of carbonyl (C=O) groups excluding carboxylic acids is 1. The van der Waals surface area contributed by atoms with Gasteiger partial charge in [-0.15, -0.1) is 0 Å². The van der Waals surface area contributed by atoms with Gasteiger partial charge in [0.05, 0.1) is 25.4 Å². The Morgan fingerprint density at radius 1 is 1.27 bits per heavy atom. The number of carbonyl (C=O) groups is 1. The van der Waals surface area contributed by atoms with Gasteiger partial charge in [-0.3, -0.25) is 4.79 Å². The van der Waals surface area contributed by atoms with Crippen LogP contribution in [0.25, 0.3) is 0 Å². The minimum Gasteiger partial charge on any atom is -0.382 e. The molecule has 0 aromatic rings. The smallest absolute Gasteiger partial charge is 0.170 e. The highest BCUT2D eigenvalue weighted by Gasteiger charge is 2.65. The van der Waals surface area contributed by atoms with Crippen LogP contribution in [0.2, 0.25) is 0 Å². The Bertz CT molecular complexity index is 435. The fraction of sp³-hybridized carbons (Fsp3) is 0.941. The van der Waals surface area contributed by atoms with E-state index < -0.39 is 0 Å². The second-order valence-corrected chi connectivity index (χ2v) is 7.70. The largest absolute Gasteiger partial charge is 0.382 e. The molecular weight excluding hydrogens is 284 g/mol. The molecule has 0 aromatic carbocycles. The van der Waals surface area contributed by atoms with Crippen LogP contribution in [0.5, 0.6) is 0 Å². The highest BCUT2D eigenvalue weighted by Crippen LogP contribution is 2.60. The molecule has 3 rings (SSSR count). The number of Topliss-reactive ketones (excluding diaryl/α,β-unsaturated/α-hetero) is 1. The van der Waals surface area contributed by atoms with Crippen LogP contribution in [0.4, 0.5) is 0 Å². The van der Waals surface area contributed by atoms with Crippen molar-refractivity contribution in [1.29, 1.82) is 0 Å². The monoisotopic (exact) mass is 312 g/mol. The molecule has 0 radical (unpaired) electrons. The topological polar surface area (TPSA) is 57.3 Å². The average Bonchev–Trinajstić information content (AvgIpc) is 3.24. The zero-order chi connectivity index (χ0) is 16.0. The summed E-state index contributed by atoms with van der Waals surface area (Å²) in [6, 6.07) is 0. The molecule has 0 aromatic heterocycles. The van der Waals surface area contributed by atoms with Gasteiger partial charge in [-0.2, -0.15) is 0 Å². The first-order valence-corrected chi connectivity index (χ1v) is 8.29. The van der Waals surface area contributed by atoms with Gasteiger partial charge >= 0.3 is 0 Å². The van der Waals surface area contributed by atoms with E-state index in [9.17, 15) is 4.79 Å². The summed E-state index contributed by atoms with van der Waals surface area (Å²) in [5, 5.41) is 0. The summed E-state index contributed by atoms with van der Waals surface area (Å²) >= 11 is 0. The van der Waals surface area contributed by atoms with Crippen LogP contribution in [0.1, 0.15) is 40.0 Å². The SMILES string of the molecule is COCCOCO[C@H]1CC[C@@]2(C)C(=O)[C@H]3O[C@@H]3C[C@@H]2C1(C)C. The van der Waals surface area contributed by atoms with Crippen molar-refractivity contribution in [3.8, 4) is 0 Å². The van der Waals surface area contributed by atoms with Crippen LogP contribution in [-0.2, 0) is 23.7 Å². The predicted molar refractivity (Wildman–Crippen MR) is 80.5 cm³/mol. The van der Waals surface area contributed by atoms with Crippen LogP contribution in [0.15, 0.2) is 0 Å². The normalized spacial score (nSPS) is 42.6. The lowest BCUT2D eigenvalue weighted by Crippen LogP contribution is -2.57. The molecular formula is C17H28O5. The predicted octanol–water partition coefficient (Wildman–Crippen LogP) is 2.17. The van der Waals surface area contributed by atoms with Gasteiger partial charge in [0, 0.05) is 12.5 Å². The first-order valence-electron chi connectivity index (χ1n) is 8.29. The highest BCUT2D eigenvalue weighted by atomic mass is 16.7. The van der Waals surface area contributed by atoms with Crippen LogP contribution in [-0.4, -0.2) is 51.2 Å². The van der Waals surface area contributed by atoms with E-state index in [4.69, 9.17) is 18.9 Å². The maximum absolute atomic E-state index is 12.6. The van der Waals surface area contributed by atoms with Crippen LogP contribution < -0.4 is 0 Å². The Morgan fingerprint density at radius 2 is 2.05 bits per heavy atom. The summed E-state index contributed by atoms with van der Waals surface area (Å²) in [5.41, 5.74) is -0.303. The number of methoxy groups -OCH3 is 1. The molecule has 1 heterocycles. The quantitative estimate of drug-likeness (QED) is 0.427. The number of epoxide rings is 1. The molecule has 1 saturated heterocycles. The summed E-state index contributed by atoms with van der Waals surface area (Å²) in [4.78, 5) is 12.6. The third-order valence-electron chi connectivity index (χ3n) is 6.08. The average molecular weight is 312 g/mol. The third-order valence-corrected chi connectivity index (χ3v) is 6.08. The van der Waals surface area contributed by atoms with Crippen LogP contribution >= 0.6 is 0 Å². The van der Waals surface area contributed by atoms with Gasteiger partial charge < -0.3 is 18.9 Å². The molecule has 0 N–H and O–H groups in total. The summed E-state index contributed by atoms with van der Waals surface area (Å²) in [5.74, 6) is 0.630. The van der Waals surface area contributed by atoms with E-state index in [1.807, 2.05) is 0 Å². The Balaban J connectivity index is 1.63. The number of fused-ring (bicyclic) bond motifs is 2. The number of hydrogen-bond acceptors (Lipinski definition) is 5. The van der Waals surface area contributed by atoms with Crippen molar-refractivity contribution in [1.82, 2.24) is 0 Å². The van der Waals surface area contributed by atoms with E-state index in [1.165, 1.54) is 0 Å². The second-order valence-electron chi connectivity index (χ2n) is 7.70. The van der Waals surface area contributed by atoms with Crippen molar-refractivity contribution in [3.05, 3.63) is 0 Å². The molecule has 5 heteroatoms. The van der Waals surface area contributed by atoms with Crippen LogP contribution in [0.3, 0.4) is 0 Å². The molecule has 0 bridgehead atoms. The summed E-state index contributed by atoms with van der Waals surface area (Å²) < 4.78 is 22.0. The molecule has 126 valence electrons. The molecule has 2 saturated carbocycles. The molecule has 0 amide bonds. The summed E-state index contributed by atoms with van der Waals surface area (Å²) in [7, 11) is 1.66. The Morgan fingerprint density at radius 3 is 2.77 bits per heavy atom. The van der Waals surface area contributed by atoms with Crippen molar-refractivity contribution in [2.45, 2.75) is 58.3 Å². The molecule has 5 nitrogen and oxygen atoms in total. The first kappa shape index (κ1) is 16.4. The van der Waals surface area contributed by atoms with E-state index in [2.05, 4.69) is 20.8 Å². The molecule has 0 unspecified atom stereocenters. The van der Waals surface area contributed by atoms with E-state index >= 15 is 0 Å². The van der Waals surface area contributed by atoms with Gasteiger partial charge in [-0.1, -0.05) is 20.8 Å². The molecule has 0 spiro atoms. The van der Waals surface area contributed by atoms with Gasteiger partial charge in [-0.25, -0.2) is 0 Å². The van der Waals surface area contributed by atoms with E-state index in [-0.39, 0.29) is 35.9 Å². The van der Waals surface area contributed by atoms with Gasteiger partial charge in [0.25, 0.3) is 0 Å². The van der Waals surface area contributed by atoms with Crippen molar-refractivity contribution >= 4 is 5.78 Å². The Labute approximate surface area is 132 Å². The lowest BCUT2D eigenvalue weighted by atomic mass is 9.50. The molecule has 1 aliphatic heterocycles. The zero-order valence-electron chi connectivity index (χ0n) is 14.1. The number of hydrogen-bond donors (Lipinski definition) is 0. The van der Waals surface area contributed by atoms with Gasteiger partial charge in [0.2, 0.25) is 0 Å². The standard InChI is InChI=1S/C17H28O5/c1-16(2)12-9-11-14(22-11)15(18)17(12,3)6-5-13(16)21-10-20-8-7-19-4/h11-14H,5-10H2,1-4H3/t11-,12-,13+,14+,17-/m1/s1. The third kappa shape index (κ3) is 2.62. The van der Waals surface area contributed by atoms with Crippen molar-refractivity contribution in [2.75, 3.05) is 27.1 Å². The van der Waals surface area contributed by atoms with Crippen molar-refractivity contribution < 1.29 is 23.7 Å². The molecule has 3 aliphatic rings. The second kappa shape index (κ2) is 5.86. The lowest BCUT2D eigenvalue weighted by molar-refractivity contribution is -0.183. The van der Waals surface area contributed by atoms with E-state index in [1.54, 1.807) is 7.11 Å². The summed E-state index contributed by atoms with van der Waals surface area (Å²) in [6.45, 7) is 7.99. The van der Waals surface area contributed by atoms with Crippen molar-refractivity contribution in [2.24, 2.45) is 16.7 Å². The lowest BCUT2D eigenvalue weighted by Gasteiger charge is -2.54. The summed E-state index contributed by atoms with van der Waals surface area (Å²) in [6.07, 6.45) is 2.92. The molecule has 3 fully saturated rings. The molecule has 5 atom stereocenters. The Kier molecular flexibility index (Phi) is 4.36. The highest BCUT2D eigenvalue weighted by molar-refractivity contribution is 5.92. The zero-order valence-corrected chi connectivity index (χ0v) is 14.1. The first-order chi connectivity index (χ1) is 10.4. The van der Waals surface area contributed by atoms with E-state index in [0.29, 0.717) is 24.9 Å². The maximum atomic E-state index is 12.6. The minimum absolute atomic E-state index is 0.0514. The van der Waals surface area contributed by atoms with Gasteiger partial charge in [0.15, 0.2) is 5.78 Å². The fourth-order valence-electron chi connectivity index (χ4n) is 4.62. The maximum Gasteiger partial charge on any atom is 0.170 e. The number of rotatable bonds is 6. The molecule has 22 heavy (non-hydrogen) atoms. The Hall–Kier alpha value is -0.490. The number of ether oxygens (including phenoxy) is 4. The number of ketones is 1. The molecule has 2 aliphatic carbocycles. The van der Waals surface area contributed by atoms with Gasteiger partial charge in [0.1, 0.15) is 12.9 Å². The van der Waals surface area contributed by atoms with Crippen LogP contribution in [0, 0.1) is 16.7 Å². The minimum atomic E-state index is -0.252. The van der Waals surface area contributed by atoms with E-state index in [0.717, 1.165) is 19.3 Å². The fourth-order valence-corrected chi connectivity index (χ4v) is 4.62. The van der Waals surface area contributed by atoms with Gasteiger partial charge in [-0.05, 0) is 30.6 Å². The van der Waals surface area contributed by atoms with Crippen molar-refractivity contribution in [3.63, 3.8) is 0 Å².